The second-order valence-electron chi connectivity index (χ2n) is 5.71. The van der Waals surface area contributed by atoms with E-state index in [1.165, 1.54) is 11.3 Å². The normalized spacial score (nSPS) is 22.1. The van der Waals surface area contributed by atoms with E-state index in [2.05, 4.69) is 14.7 Å². The summed E-state index contributed by atoms with van der Waals surface area (Å²) in [6, 6.07) is 3.29. The maximum atomic E-state index is 12.1. The summed E-state index contributed by atoms with van der Waals surface area (Å²) in [5.74, 6) is 0.655. The number of aromatic nitrogens is 2. The summed E-state index contributed by atoms with van der Waals surface area (Å²) in [4.78, 5) is 8.74. The van der Waals surface area contributed by atoms with E-state index in [9.17, 15) is 8.42 Å². The van der Waals surface area contributed by atoms with E-state index in [4.69, 9.17) is 4.74 Å². The van der Waals surface area contributed by atoms with E-state index < -0.39 is 15.6 Å². The summed E-state index contributed by atoms with van der Waals surface area (Å²) in [5, 5.41) is 1.73. The molecule has 0 spiro atoms. The van der Waals surface area contributed by atoms with Crippen molar-refractivity contribution in [1.29, 1.82) is 0 Å². The Morgan fingerprint density at radius 2 is 2.13 bits per heavy atom. The van der Waals surface area contributed by atoms with Gasteiger partial charge in [-0.2, -0.15) is 0 Å². The largest absolute Gasteiger partial charge is 0.367 e. The second-order valence-corrected chi connectivity index (χ2v) is 8.65. The molecule has 0 aliphatic carbocycles. The van der Waals surface area contributed by atoms with E-state index in [0.717, 1.165) is 25.9 Å². The minimum absolute atomic E-state index is 0.165. The van der Waals surface area contributed by atoms with Crippen LogP contribution in [-0.4, -0.2) is 25.0 Å². The first-order valence-corrected chi connectivity index (χ1v) is 9.84. The zero-order chi connectivity index (χ0) is 16.3. The topological polar surface area (TPSA) is 81.2 Å². The number of nitrogens with zero attached hydrogens (tertiary/aromatic N) is 2. The Balaban J connectivity index is 1.66. The lowest BCUT2D eigenvalue weighted by Crippen LogP contribution is -2.32. The first kappa shape index (κ1) is 16.5. The van der Waals surface area contributed by atoms with Crippen molar-refractivity contribution in [3.63, 3.8) is 0 Å². The van der Waals surface area contributed by atoms with Crippen molar-refractivity contribution >= 4 is 21.4 Å². The highest BCUT2D eigenvalue weighted by Gasteiger charge is 2.32. The van der Waals surface area contributed by atoms with Gasteiger partial charge in [0.15, 0.2) is 5.82 Å². The smallest absolute Gasteiger partial charge is 0.250 e. The van der Waals surface area contributed by atoms with Crippen molar-refractivity contribution in [2.24, 2.45) is 0 Å². The van der Waals surface area contributed by atoms with Gasteiger partial charge >= 0.3 is 0 Å². The van der Waals surface area contributed by atoms with Crippen molar-refractivity contribution in [2.45, 2.75) is 42.5 Å². The van der Waals surface area contributed by atoms with Crippen LogP contribution >= 0.6 is 11.3 Å². The predicted molar refractivity (Wildman–Crippen MR) is 87.5 cm³/mol. The Bertz CT molecular complexity index is 737. The van der Waals surface area contributed by atoms with Gasteiger partial charge in [0.2, 0.25) is 10.0 Å². The second kappa shape index (κ2) is 6.64. The predicted octanol–water partition coefficient (Wildman–Crippen LogP) is 2.43. The van der Waals surface area contributed by atoms with Crippen LogP contribution in [0.2, 0.25) is 0 Å². The molecule has 23 heavy (non-hydrogen) atoms. The average Bonchev–Trinajstić information content (AvgIpc) is 3.10. The van der Waals surface area contributed by atoms with Crippen LogP contribution in [0.1, 0.15) is 37.6 Å². The number of nitrogens with one attached hydrogen (secondary N) is 1. The molecule has 6 nitrogen and oxygen atoms in total. The van der Waals surface area contributed by atoms with Crippen LogP contribution < -0.4 is 4.72 Å². The molecule has 1 saturated heterocycles. The summed E-state index contributed by atoms with van der Waals surface area (Å²) in [7, 11) is -3.47. The fourth-order valence-corrected chi connectivity index (χ4v) is 4.55. The van der Waals surface area contributed by atoms with Gasteiger partial charge < -0.3 is 4.74 Å². The van der Waals surface area contributed by atoms with Gasteiger partial charge in [-0.05, 0) is 37.6 Å². The third-order valence-corrected chi connectivity index (χ3v) is 6.67. The Labute approximate surface area is 140 Å². The third kappa shape index (κ3) is 3.77. The van der Waals surface area contributed by atoms with Crippen LogP contribution in [-0.2, 0) is 26.9 Å². The molecule has 3 heterocycles. The zero-order valence-electron chi connectivity index (χ0n) is 12.9. The van der Waals surface area contributed by atoms with Crippen molar-refractivity contribution in [3.8, 4) is 0 Å². The maximum Gasteiger partial charge on any atom is 0.250 e. The van der Waals surface area contributed by atoms with E-state index in [0.29, 0.717) is 15.6 Å². The molecule has 0 saturated carbocycles. The van der Waals surface area contributed by atoms with E-state index in [1.807, 2.05) is 6.92 Å². The standard InChI is InChI=1S/C15H19N3O3S2/c1-15(6-2-3-7-21-15)14-16-9-12(10-17-14)11-18-23(19,20)13-5-4-8-22-13/h4-5,8-10,18H,2-3,6-7,11H2,1H3/t15-/m0/s1. The first-order chi connectivity index (χ1) is 11.0. The summed E-state index contributed by atoms with van der Waals surface area (Å²) < 4.78 is 32.8. The molecule has 1 atom stereocenters. The van der Waals surface area contributed by atoms with Gasteiger partial charge in [0.05, 0.1) is 0 Å². The molecule has 0 amide bonds. The quantitative estimate of drug-likeness (QED) is 0.893. The van der Waals surface area contributed by atoms with Gasteiger partial charge in [0.1, 0.15) is 9.81 Å². The highest BCUT2D eigenvalue weighted by atomic mass is 32.2. The molecule has 1 aliphatic rings. The molecular formula is C15H19N3O3S2. The van der Waals surface area contributed by atoms with Crippen LogP contribution in [0.5, 0.6) is 0 Å². The minimum atomic E-state index is -3.47. The maximum absolute atomic E-state index is 12.1. The molecule has 2 aromatic rings. The fraction of sp³-hybridized carbons (Fsp3) is 0.467. The van der Waals surface area contributed by atoms with Crippen molar-refractivity contribution < 1.29 is 13.2 Å². The number of hydrogen-bond donors (Lipinski definition) is 1. The van der Waals surface area contributed by atoms with Crippen LogP contribution in [0.15, 0.2) is 34.1 Å². The van der Waals surface area contributed by atoms with Crippen molar-refractivity contribution in [3.05, 3.63) is 41.3 Å². The zero-order valence-corrected chi connectivity index (χ0v) is 14.5. The molecule has 8 heteroatoms. The number of hydrogen-bond acceptors (Lipinski definition) is 6. The van der Waals surface area contributed by atoms with Crippen LogP contribution in [0, 0.1) is 0 Å². The summed E-state index contributed by atoms with van der Waals surface area (Å²) >= 11 is 1.19. The SMILES string of the molecule is C[C@@]1(c2ncc(CNS(=O)(=O)c3cccs3)cn2)CCCCO1. The number of sulfonamides is 1. The van der Waals surface area contributed by atoms with Crippen molar-refractivity contribution in [1.82, 2.24) is 14.7 Å². The van der Waals surface area contributed by atoms with E-state index in [-0.39, 0.29) is 6.54 Å². The number of thiophene rings is 1. The molecule has 124 valence electrons. The molecule has 1 aliphatic heterocycles. The first-order valence-electron chi connectivity index (χ1n) is 7.48. The summed E-state index contributed by atoms with van der Waals surface area (Å²) in [6.45, 7) is 2.89. The third-order valence-electron chi connectivity index (χ3n) is 3.87. The van der Waals surface area contributed by atoms with E-state index >= 15 is 0 Å². The van der Waals surface area contributed by atoms with Gasteiger partial charge in [0, 0.05) is 31.1 Å². The minimum Gasteiger partial charge on any atom is -0.367 e. The lowest BCUT2D eigenvalue weighted by atomic mass is 9.95. The van der Waals surface area contributed by atoms with Gasteiger partial charge in [-0.25, -0.2) is 23.1 Å². The lowest BCUT2D eigenvalue weighted by Gasteiger charge is -2.32. The van der Waals surface area contributed by atoms with Gasteiger partial charge in [0.25, 0.3) is 0 Å². The number of ether oxygens (including phenoxy) is 1. The molecule has 0 unspecified atom stereocenters. The molecule has 1 fully saturated rings. The van der Waals surface area contributed by atoms with Crippen LogP contribution in [0.4, 0.5) is 0 Å². The van der Waals surface area contributed by atoms with Gasteiger partial charge in [-0.15, -0.1) is 11.3 Å². The average molecular weight is 353 g/mol. The molecule has 0 radical (unpaired) electrons. The molecule has 0 aromatic carbocycles. The van der Waals surface area contributed by atoms with Crippen LogP contribution in [0.25, 0.3) is 0 Å². The lowest BCUT2D eigenvalue weighted by molar-refractivity contribution is -0.0760. The highest BCUT2D eigenvalue weighted by Crippen LogP contribution is 2.32. The Morgan fingerprint density at radius 1 is 1.35 bits per heavy atom. The summed E-state index contributed by atoms with van der Waals surface area (Å²) in [6.07, 6.45) is 6.38. The fourth-order valence-electron chi connectivity index (χ4n) is 2.50. The van der Waals surface area contributed by atoms with Gasteiger partial charge in [-0.3, -0.25) is 0 Å². The van der Waals surface area contributed by atoms with Crippen molar-refractivity contribution in [2.75, 3.05) is 6.61 Å². The highest BCUT2D eigenvalue weighted by molar-refractivity contribution is 7.91. The monoisotopic (exact) mass is 353 g/mol. The van der Waals surface area contributed by atoms with E-state index in [1.54, 1.807) is 29.9 Å². The van der Waals surface area contributed by atoms with Gasteiger partial charge in [-0.1, -0.05) is 6.07 Å². The molecule has 3 rings (SSSR count). The Morgan fingerprint density at radius 3 is 2.74 bits per heavy atom. The molecular weight excluding hydrogens is 334 g/mol. The summed E-state index contributed by atoms with van der Waals surface area (Å²) in [5.41, 5.74) is 0.279. The number of rotatable bonds is 5. The Hall–Kier alpha value is -1.35. The molecule has 0 bridgehead atoms. The molecule has 2 aromatic heterocycles. The Kier molecular flexibility index (Phi) is 4.77. The van der Waals surface area contributed by atoms with Crippen LogP contribution in [0.3, 0.4) is 0 Å². The molecule has 1 N–H and O–H groups in total.